The van der Waals surface area contributed by atoms with Gasteiger partial charge in [0.1, 0.15) is 5.75 Å². The largest absolute Gasteiger partial charge is 0.497 e. The number of hydrogen-bond donors (Lipinski definition) is 0. The van der Waals surface area contributed by atoms with Gasteiger partial charge in [-0.3, -0.25) is 4.90 Å². The lowest BCUT2D eigenvalue weighted by Gasteiger charge is -2.39. The molecular formula is C21H32N6O2. The van der Waals surface area contributed by atoms with Gasteiger partial charge in [0.2, 0.25) is 0 Å². The van der Waals surface area contributed by atoms with E-state index in [9.17, 15) is 0 Å². The molecule has 0 saturated carbocycles. The molecule has 2 aliphatic rings. The Hall–Kier alpha value is -2.19. The first-order valence-corrected chi connectivity index (χ1v) is 10.8. The molecule has 2 aliphatic heterocycles. The van der Waals surface area contributed by atoms with E-state index in [2.05, 4.69) is 44.4 Å². The van der Waals surface area contributed by atoms with Gasteiger partial charge >= 0.3 is 0 Å². The van der Waals surface area contributed by atoms with Crippen LogP contribution in [0.3, 0.4) is 0 Å². The van der Waals surface area contributed by atoms with Gasteiger partial charge in [0.05, 0.1) is 25.8 Å². The summed E-state index contributed by atoms with van der Waals surface area (Å²) in [6.45, 7) is 7.85. The number of ether oxygens (including phenoxy) is 2. The molecule has 4 rings (SSSR count). The van der Waals surface area contributed by atoms with E-state index in [4.69, 9.17) is 9.47 Å². The maximum atomic E-state index is 5.80. The number of nitrogens with zero attached hydrogens (tertiary/aromatic N) is 6. The fourth-order valence-electron chi connectivity index (χ4n) is 4.39. The Balaban J connectivity index is 1.41. The fraction of sp³-hybridized carbons (Fsp3) is 0.667. The number of benzene rings is 1. The monoisotopic (exact) mass is 400 g/mol. The van der Waals surface area contributed by atoms with E-state index in [0.29, 0.717) is 0 Å². The zero-order chi connectivity index (χ0) is 20.1. The lowest BCUT2D eigenvalue weighted by molar-refractivity contribution is 0.0891. The highest BCUT2D eigenvalue weighted by molar-refractivity contribution is 5.49. The van der Waals surface area contributed by atoms with Crippen molar-refractivity contribution in [3.05, 3.63) is 30.1 Å². The fourth-order valence-corrected chi connectivity index (χ4v) is 4.39. The molecule has 2 fully saturated rings. The quantitative estimate of drug-likeness (QED) is 0.674. The minimum absolute atomic E-state index is 0.242. The average molecular weight is 401 g/mol. The molecule has 8 heteroatoms. The van der Waals surface area contributed by atoms with Gasteiger partial charge in [0.15, 0.2) is 5.82 Å². The van der Waals surface area contributed by atoms with Crippen molar-refractivity contribution in [1.29, 1.82) is 0 Å². The summed E-state index contributed by atoms with van der Waals surface area (Å²) >= 11 is 0. The van der Waals surface area contributed by atoms with E-state index in [1.54, 1.807) is 7.11 Å². The van der Waals surface area contributed by atoms with Crippen molar-refractivity contribution in [2.24, 2.45) is 0 Å². The van der Waals surface area contributed by atoms with E-state index in [1.165, 1.54) is 5.69 Å². The smallest absolute Gasteiger partial charge is 0.168 e. The molecule has 0 spiro atoms. The van der Waals surface area contributed by atoms with Crippen LogP contribution in [-0.4, -0.2) is 71.1 Å². The number of anilines is 1. The molecule has 1 aromatic carbocycles. The van der Waals surface area contributed by atoms with Crippen LogP contribution in [0.1, 0.15) is 44.5 Å². The van der Waals surface area contributed by atoms with Crippen LogP contribution in [0.2, 0.25) is 0 Å². The van der Waals surface area contributed by atoms with E-state index < -0.39 is 0 Å². The summed E-state index contributed by atoms with van der Waals surface area (Å²) in [5.74, 6) is 1.88. The highest BCUT2D eigenvalue weighted by atomic mass is 16.5. The zero-order valence-electron chi connectivity index (χ0n) is 17.5. The predicted octanol–water partition coefficient (Wildman–Crippen LogP) is 2.52. The highest BCUT2D eigenvalue weighted by Gasteiger charge is 2.29. The second-order valence-corrected chi connectivity index (χ2v) is 7.88. The number of rotatable bonds is 8. The third-order valence-corrected chi connectivity index (χ3v) is 6.01. The van der Waals surface area contributed by atoms with Crippen LogP contribution >= 0.6 is 0 Å². The van der Waals surface area contributed by atoms with E-state index in [-0.39, 0.29) is 12.1 Å². The molecule has 29 heavy (non-hydrogen) atoms. The SMILES string of the molecule is CCC[C@@H](c1nnnn1C[C@@H]1CCCO1)N1CCN(c2ccc(OC)cc2)CC1. The zero-order valence-corrected chi connectivity index (χ0v) is 17.5. The van der Waals surface area contributed by atoms with Crippen LogP contribution < -0.4 is 9.64 Å². The summed E-state index contributed by atoms with van der Waals surface area (Å²) in [4.78, 5) is 4.98. The predicted molar refractivity (Wildman–Crippen MR) is 111 cm³/mol. The molecule has 0 bridgehead atoms. The van der Waals surface area contributed by atoms with Gasteiger partial charge in [0, 0.05) is 38.5 Å². The third-order valence-electron chi connectivity index (χ3n) is 6.01. The van der Waals surface area contributed by atoms with Crippen LogP contribution in [0, 0.1) is 0 Å². The summed E-state index contributed by atoms with van der Waals surface area (Å²) < 4.78 is 13.1. The first kappa shape index (κ1) is 20.1. The number of piperazine rings is 1. The van der Waals surface area contributed by atoms with Crippen molar-refractivity contribution >= 4 is 5.69 Å². The summed E-state index contributed by atoms with van der Waals surface area (Å²) in [5.41, 5.74) is 1.25. The molecule has 158 valence electrons. The Labute approximate surface area is 172 Å². The van der Waals surface area contributed by atoms with E-state index in [0.717, 1.165) is 76.6 Å². The van der Waals surface area contributed by atoms with Crippen LogP contribution in [0.15, 0.2) is 24.3 Å². The Morgan fingerprint density at radius 3 is 2.62 bits per heavy atom. The summed E-state index contributed by atoms with van der Waals surface area (Å²) in [5, 5.41) is 12.7. The highest BCUT2D eigenvalue weighted by Crippen LogP contribution is 2.28. The Bertz CT molecular complexity index is 751. The molecule has 1 aromatic heterocycles. The maximum absolute atomic E-state index is 5.80. The molecule has 0 radical (unpaired) electrons. The normalized spacial score (nSPS) is 21.4. The molecule has 0 aliphatic carbocycles. The van der Waals surface area contributed by atoms with Crippen LogP contribution in [0.4, 0.5) is 5.69 Å². The van der Waals surface area contributed by atoms with Gasteiger partial charge in [-0.2, -0.15) is 0 Å². The van der Waals surface area contributed by atoms with Gasteiger partial charge in [-0.25, -0.2) is 4.68 Å². The van der Waals surface area contributed by atoms with Gasteiger partial charge in [0.25, 0.3) is 0 Å². The maximum Gasteiger partial charge on any atom is 0.168 e. The van der Waals surface area contributed by atoms with Crippen molar-refractivity contribution in [3.8, 4) is 5.75 Å². The van der Waals surface area contributed by atoms with Gasteiger partial charge in [-0.1, -0.05) is 13.3 Å². The van der Waals surface area contributed by atoms with Crippen molar-refractivity contribution in [2.45, 2.75) is 51.3 Å². The number of methoxy groups -OCH3 is 1. The van der Waals surface area contributed by atoms with Crippen LogP contribution in [0.5, 0.6) is 5.75 Å². The number of hydrogen-bond acceptors (Lipinski definition) is 7. The Morgan fingerprint density at radius 2 is 1.97 bits per heavy atom. The van der Waals surface area contributed by atoms with Crippen molar-refractivity contribution in [2.75, 3.05) is 44.8 Å². The first-order chi connectivity index (χ1) is 14.3. The molecule has 0 N–H and O–H groups in total. The molecular weight excluding hydrogens is 368 g/mol. The molecule has 0 amide bonds. The first-order valence-electron chi connectivity index (χ1n) is 10.8. The number of aromatic nitrogens is 4. The molecule has 2 aromatic rings. The Kier molecular flexibility index (Phi) is 6.61. The number of tetrazole rings is 1. The average Bonchev–Trinajstić information content (AvgIpc) is 3.45. The molecule has 0 unspecified atom stereocenters. The molecule has 3 heterocycles. The van der Waals surface area contributed by atoms with Gasteiger partial charge in [-0.05, 0) is 54.0 Å². The molecule has 2 atom stereocenters. The molecule has 8 nitrogen and oxygen atoms in total. The minimum Gasteiger partial charge on any atom is -0.497 e. The minimum atomic E-state index is 0.242. The van der Waals surface area contributed by atoms with Crippen LogP contribution in [-0.2, 0) is 11.3 Å². The van der Waals surface area contributed by atoms with Crippen molar-refractivity contribution in [1.82, 2.24) is 25.1 Å². The van der Waals surface area contributed by atoms with Crippen molar-refractivity contribution in [3.63, 3.8) is 0 Å². The summed E-state index contributed by atoms with van der Waals surface area (Å²) in [6, 6.07) is 8.59. The van der Waals surface area contributed by atoms with Crippen LogP contribution in [0.25, 0.3) is 0 Å². The van der Waals surface area contributed by atoms with E-state index in [1.807, 2.05) is 16.8 Å². The van der Waals surface area contributed by atoms with Gasteiger partial charge < -0.3 is 14.4 Å². The third kappa shape index (κ3) is 4.70. The lowest BCUT2D eigenvalue weighted by Crippen LogP contribution is -2.48. The summed E-state index contributed by atoms with van der Waals surface area (Å²) in [7, 11) is 1.70. The second-order valence-electron chi connectivity index (χ2n) is 7.88. The van der Waals surface area contributed by atoms with Crippen molar-refractivity contribution < 1.29 is 9.47 Å². The lowest BCUT2D eigenvalue weighted by atomic mass is 10.1. The van der Waals surface area contributed by atoms with Gasteiger partial charge in [-0.15, -0.1) is 5.10 Å². The Morgan fingerprint density at radius 1 is 1.17 bits per heavy atom. The summed E-state index contributed by atoms with van der Waals surface area (Å²) in [6.07, 6.45) is 4.64. The van der Waals surface area contributed by atoms with E-state index >= 15 is 0 Å². The second kappa shape index (κ2) is 9.54. The molecule has 2 saturated heterocycles. The standard InChI is InChI=1S/C21H32N6O2/c1-3-5-20(21-22-23-24-27(21)16-19-6-4-15-29-19)26-13-11-25(12-14-26)17-7-9-18(28-2)10-8-17/h7-10,19-20H,3-6,11-16H2,1-2H3/t19-,20-/m0/s1. The topological polar surface area (TPSA) is 68.5 Å².